The Morgan fingerprint density at radius 3 is 2.64 bits per heavy atom. The number of esters is 1. The number of nitrogens with zero attached hydrogens (tertiary/aromatic N) is 1. The molecule has 1 aliphatic heterocycles. The van der Waals surface area contributed by atoms with E-state index < -0.39 is 24.4 Å². The summed E-state index contributed by atoms with van der Waals surface area (Å²) in [6.07, 6.45) is 3.25. The minimum Gasteiger partial charge on any atom is -0.452 e. The van der Waals surface area contributed by atoms with E-state index in [9.17, 15) is 19.2 Å². The topological polar surface area (TPSA) is 92.8 Å². The van der Waals surface area contributed by atoms with Gasteiger partial charge in [-0.15, -0.1) is 6.58 Å². The monoisotopic (exact) mass is 344 g/mol. The Labute approximate surface area is 145 Å². The maximum atomic E-state index is 12.2. The fraction of sp³-hybridized carbons (Fsp3) is 0.333. The van der Waals surface area contributed by atoms with E-state index in [1.54, 1.807) is 0 Å². The first-order valence-electron chi connectivity index (χ1n) is 8.04. The van der Waals surface area contributed by atoms with E-state index in [1.165, 1.54) is 24.3 Å². The Morgan fingerprint density at radius 1 is 1.24 bits per heavy atom. The van der Waals surface area contributed by atoms with Gasteiger partial charge in [0.05, 0.1) is 16.7 Å². The van der Waals surface area contributed by atoms with Crippen molar-refractivity contribution >= 4 is 23.7 Å². The SMILES string of the molecule is C=CCN1C(=O)c2ccc(C(=O)OCC(=O)NCCCC)cc2C1=O. The van der Waals surface area contributed by atoms with Gasteiger partial charge in [0.15, 0.2) is 6.61 Å². The summed E-state index contributed by atoms with van der Waals surface area (Å²) in [6.45, 7) is 5.75. The van der Waals surface area contributed by atoms with Crippen molar-refractivity contribution < 1.29 is 23.9 Å². The maximum absolute atomic E-state index is 12.2. The molecular formula is C18H20N2O5. The Balaban J connectivity index is 2.02. The molecule has 3 amide bonds. The van der Waals surface area contributed by atoms with Crippen LogP contribution in [-0.4, -0.2) is 48.3 Å². The van der Waals surface area contributed by atoms with Crippen LogP contribution in [0.2, 0.25) is 0 Å². The number of unbranched alkanes of at least 4 members (excludes halogenated alkanes) is 1. The van der Waals surface area contributed by atoms with E-state index in [2.05, 4.69) is 11.9 Å². The third kappa shape index (κ3) is 4.12. The lowest BCUT2D eigenvalue weighted by Gasteiger charge is -2.09. The lowest BCUT2D eigenvalue weighted by atomic mass is 10.1. The van der Waals surface area contributed by atoms with Crippen LogP contribution in [0.1, 0.15) is 50.8 Å². The normalized spacial score (nSPS) is 12.8. The number of benzene rings is 1. The number of imide groups is 1. The summed E-state index contributed by atoms with van der Waals surface area (Å²) in [5.74, 6) is -2.01. The number of amides is 3. The van der Waals surface area contributed by atoms with Gasteiger partial charge in [-0.25, -0.2) is 4.79 Å². The summed E-state index contributed by atoms with van der Waals surface area (Å²) in [5, 5.41) is 2.63. The molecular weight excluding hydrogens is 324 g/mol. The number of fused-ring (bicyclic) bond motifs is 1. The number of carbonyl (C=O) groups is 4. The third-order valence-corrected chi connectivity index (χ3v) is 3.70. The second-order valence-electron chi connectivity index (χ2n) is 5.55. The summed E-state index contributed by atoms with van der Waals surface area (Å²) in [7, 11) is 0. The molecule has 0 saturated heterocycles. The Kier molecular flexibility index (Phi) is 6.05. The van der Waals surface area contributed by atoms with Gasteiger partial charge in [0, 0.05) is 13.1 Å². The van der Waals surface area contributed by atoms with Crippen molar-refractivity contribution in [3.8, 4) is 0 Å². The first-order chi connectivity index (χ1) is 12.0. The minimum atomic E-state index is -0.726. The molecule has 0 spiro atoms. The Bertz CT molecular complexity index is 726. The van der Waals surface area contributed by atoms with E-state index in [-0.39, 0.29) is 29.1 Å². The predicted octanol–water partition coefficient (Wildman–Crippen LogP) is 1.54. The molecule has 0 atom stereocenters. The second kappa shape index (κ2) is 8.23. The van der Waals surface area contributed by atoms with Crippen molar-refractivity contribution in [3.63, 3.8) is 0 Å². The highest BCUT2D eigenvalue weighted by Gasteiger charge is 2.35. The minimum absolute atomic E-state index is 0.101. The molecule has 0 saturated carbocycles. The number of carbonyl (C=O) groups excluding carboxylic acids is 4. The first-order valence-corrected chi connectivity index (χ1v) is 8.04. The molecule has 132 valence electrons. The Hall–Kier alpha value is -2.96. The maximum Gasteiger partial charge on any atom is 0.338 e. The smallest absolute Gasteiger partial charge is 0.338 e. The molecule has 0 radical (unpaired) electrons. The molecule has 0 aliphatic carbocycles. The van der Waals surface area contributed by atoms with Crippen molar-refractivity contribution in [2.75, 3.05) is 19.7 Å². The van der Waals surface area contributed by atoms with Crippen LogP contribution < -0.4 is 5.32 Å². The standard InChI is InChI=1S/C18H20N2O5/c1-3-5-8-19-15(21)11-25-18(24)12-6-7-13-14(10-12)17(23)20(9-4-2)16(13)22/h4,6-7,10H,2-3,5,8-9,11H2,1H3,(H,19,21). The zero-order chi connectivity index (χ0) is 18.4. The van der Waals surface area contributed by atoms with Gasteiger partial charge in [-0.1, -0.05) is 19.4 Å². The van der Waals surface area contributed by atoms with Crippen LogP contribution in [0.15, 0.2) is 30.9 Å². The highest BCUT2D eigenvalue weighted by atomic mass is 16.5. The highest BCUT2D eigenvalue weighted by Crippen LogP contribution is 2.24. The Morgan fingerprint density at radius 2 is 1.96 bits per heavy atom. The fourth-order valence-electron chi connectivity index (χ4n) is 2.38. The average Bonchev–Trinajstić information content (AvgIpc) is 2.85. The van der Waals surface area contributed by atoms with Crippen molar-refractivity contribution in [2.24, 2.45) is 0 Å². The van der Waals surface area contributed by atoms with Gasteiger partial charge in [-0.2, -0.15) is 0 Å². The van der Waals surface area contributed by atoms with Gasteiger partial charge in [-0.3, -0.25) is 19.3 Å². The third-order valence-electron chi connectivity index (χ3n) is 3.70. The van der Waals surface area contributed by atoms with Gasteiger partial charge in [-0.05, 0) is 24.6 Å². The van der Waals surface area contributed by atoms with Crippen molar-refractivity contribution in [3.05, 3.63) is 47.5 Å². The predicted molar refractivity (Wildman–Crippen MR) is 90.2 cm³/mol. The molecule has 1 heterocycles. The van der Waals surface area contributed by atoms with Crippen molar-refractivity contribution in [1.29, 1.82) is 0 Å². The number of nitrogens with one attached hydrogen (secondary N) is 1. The molecule has 2 rings (SSSR count). The summed E-state index contributed by atoms with van der Waals surface area (Å²) in [6, 6.07) is 4.13. The van der Waals surface area contributed by atoms with E-state index in [1.807, 2.05) is 6.92 Å². The largest absolute Gasteiger partial charge is 0.452 e. The highest BCUT2D eigenvalue weighted by molar-refractivity contribution is 6.22. The van der Waals surface area contributed by atoms with Crippen molar-refractivity contribution in [2.45, 2.75) is 19.8 Å². The molecule has 1 aromatic rings. The summed E-state index contributed by atoms with van der Waals surface area (Å²) < 4.78 is 4.94. The van der Waals surface area contributed by atoms with Crippen molar-refractivity contribution in [1.82, 2.24) is 10.2 Å². The summed E-state index contributed by atoms with van der Waals surface area (Å²) >= 11 is 0. The van der Waals surface area contributed by atoms with Crippen LogP contribution in [0.25, 0.3) is 0 Å². The van der Waals surface area contributed by atoms with Crippen LogP contribution in [-0.2, 0) is 9.53 Å². The molecule has 1 aromatic carbocycles. The molecule has 1 N–H and O–H groups in total. The zero-order valence-corrected chi connectivity index (χ0v) is 14.0. The number of ether oxygens (including phenoxy) is 1. The molecule has 1 aliphatic rings. The van der Waals surface area contributed by atoms with Crippen LogP contribution in [0.4, 0.5) is 0 Å². The zero-order valence-electron chi connectivity index (χ0n) is 14.0. The molecule has 0 fully saturated rings. The number of hydrogen-bond donors (Lipinski definition) is 1. The van der Waals surface area contributed by atoms with Crippen LogP contribution in [0.3, 0.4) is 0 Å². The molecule has 25 heavy (non-hydrogen) atoms. The van der Waals surface area contributed by atoms with E-state index >= 15 is 0 Å². The van der Waals surface area contributed by atoms with E-state index in [0.717, 1.165) is 17.7 Å². The van der Waals surface area contributed by atoms with Gasteiger partial charge < -0.3 is 10.1 Å². The summed E-state index contributed by atoms with van der Waals surface area (Å²) in [4.78, 5) is 49.0. The lowest BCUT2D eigenvalue weighted by molar-refractivity contribution is -0.124. The first kappa shape index (κ1) is 18.4. The molecule has 0 aromatic heterocycles. The number of rotatable bonds is 8. The molecule has 0 bridgehead atoms. The van der Waals surface area contributed by atoms with E-state index in [0.29, 0.717) is 6.54 Å². The van der Waals surface area contributed by atoms with Gasteiger partial charge >= 0.3 is 5.97 Å². The summed E-state index contributed by atoms with van der Waals surface area (Å²) in [5.41, 5.74) is 0.496. The lowest BCUT2D eigenvalue weighted by Crippen LogP contribution is -2.29. The van der Waals surface area contributed by atoms with Gasteiger partial charge in [0.1, 0.15) is 0 Å². The van der Waals surface area contributed by atoms with Crippen LogP contribution in [0.5, 0.6) is 0 Å². The second-order valence-corrected chi connectivity index (χ2v) is 5.55. The molecule has 0 unspecified atom stereocenters. The average molecular weight is 344 g/mol. The van der Waals surface area contributed by atoms with Gasteiger partial charge in [0.2, 0.25) is 0 Å². The number of hydrogen-bond acceptors (Lipinski definition) is 5. The quantitative estimate of drug-likeness (QED) is 0.334. The molecule has 7 heteroatoms. The fourth-order valence-corrected chi connectivity index (χ4v) is 2.38. The van der Waals surface area contributed by atoms with Crippen LogP contribution >= 0.6 is 0 Å². The van der Waals surface area contributed by atoms with E-state index in [4.69, 9.17) is 4.74 Å². The van der Waals surface area contributed by atoms with Gasteiger partial charge in [0.25, 0.3) is 17.7 Å². The van der Waals surface area contributed by atoms with Crippen LogP contribution in [0, 0.1) is 0 Å². The molecule has 7 nitrogen and oxygen atoms in total.